The minimum atomic E-state index is -0.615. The number of carbonyl (C=O) groups is 1. The fraction of sp³-hybridized carbons (Fsp3) is 0.0769. The van der Waals surface area contributed by atoms with Gasteiger partial charge in [0.2, 0.25) is 5.24 Å². The number of hydrogen-bond acceptors (Lipinski definition) is 2. The first kappa shape index (κ1) is 16.1. The van der Waals surface area contributed by atoms with E-state index >= 15 is 0 Å². The van der Waals surface area contributed by atoms with Crippen molar-refractivity contribution in [3.63, 3.8) is 0 Å². The Labute approximate surface area is 117 Å². The second-order valence-corrected chi connectivity index (χ2v) is 3.51. The molecule has 2 aliphatic rings. The van der Waals surface area contributed by atoms with Gasteiger partial charge in [0, 0.05) is 6.42 Å². The molecule has 17 heavy (non-hydrogen) atoms. The van der Waals surface area contributed by atoms with E-state index < -0.39 is 5.24 Å². The van der Waals surface area contributed by atoms with Crippen molar-refractivity contribution in [3.05, 3.63) is 67.1 Å². The van der Waals surface area contributed by atoms with Crippen LogP contribution in [0.5, 0.6) is 0 Å². The molecule has 0 amide bonds. The summed E-state index contributed by atoms with van der Waals surface area (Å²) < 4.78 is 0. The molecule has 0 spiro atoms. The first-order chi connectivity index (χ1) is 7.70. The first-order valence-electron chi connectivity index (χ1n) is 4.80. The molecule has 0 atom stereocenters. The van der Waals surface area contributed by atoms with Crippen LogP contribution in [-0.4, -0.2) is 5.24 Å². The summed E-state index contributed by atoms with van der Waals surface area (Å²) in [5.41, 5.74) is 0.541. The van der Waals surface area contributed by atoms with Gasteiger partial charge in [0.15, 0.2) is 0 Å². The van der Waals surface area contributed by atoms with Crippen LogP contribution in [0.2, 0.25) is 0 Å². The Kier molecular flexibility index (Phi) is 8.69. The summed E-state index contributed by atoms with van der Waals surface area (Å²) in [4.78, 5) is 10.3. The Balaban J connectivity index is 0.000000360. The smallest absolute Gasteiger partial charge is 0.875 e. The van der Waals surface area contributed by atoms with Crippen LogP contribution in [0, 0.1) is 19.3 Å². The summed E-state index contributed by atoms with van der Waals surface area (Å²) in [7, 11) is 0. The maximum atomic E-state index is 11.0. The van der Waals surface area contributed by atoms with Crippen molar-refractivity contribution in [2.45, 2.75) is 6.42 Å². The van der Waals surface area contributed by atoms with Crippen LogP contribution in [0.4, 0.5) is 0 Å². The summed E-state index contributed by atoms with van der Waals surface area (Å²) in [5, 5.41) is 10.4. The molecule has 0 N–H and O–H groups in total. The van der Waals surface area contributed by atoms with Gasteiger partial charge >= 0.3 is 17.1 Å². The minimum Gasteiger partial charge on any atom is -0.875 e. The van der Waals surface area contributed by atoms with Crippen LogP contribution in [-0.2, 0) is 21.9 Å². The third kappa shape index (κ3) is 7.11. The van der Waals surface area contributed by atoms with Crippen molar-refractivity contribution in [2.75, 3.05) is 0 Å². The van der Waals surface area contributed by atoms with Gasteiger partial charge in [-0.3, -0.25) is 4.79 Å². The SMILES string of the molecule is O=C(Cl)CC([O-])=C1C=CC=C1.[CH]1[CH][CH-]C=C1.[Fe+2]. The largest absolute Gasteiger partial charge is 2.00 e. The zero-order chi connectivity index (χ0) is 11.8. The molecule has 0 bridgehead atoms. The Morgan fingerprint density at radius 2 is 1.94 bits per heavy atom. The van der Waals surface area contributed by atoms with Gasteiger partial charge in [0.1, 0.15) is 0 Å². The van der Waals surface area contributed by atoms with Gasteiger partial charge in [0.25, 0.3) is 0 Å². The standard InChI is InChI=1S/C8H7ClO2.C5H5.Fe/c9-8(11)5-7(10)6-3-1-2-4-6;1-2-4-5-3-1;/h1-4,10H,5H2;1-5H;/q;-1;+2/p-1. The van der Waals surface area contributed by atoms with Gasteiger partial charge in [-0.2, -0.15) is 0 Å². The van der Waals surface area contributed by atoms with Crippen molar-refractivity contribution in [1.29, 1.82) is 0 Å². The van der Waals surface area contributed by atoms with Gasteiger partial charge in [-0.1, -0.05) is 24.3 Å². The molecule has 0 aromatic heterocycles. The van der Waals surface area contributed by atoms with E-state index in [-0.39, 0.29) is 29.2 Å². The molecule has 0 heterocycles. The number of hydrogen-bond donors (Lipinski definition) is 0. The Morgan fingerprint density at radius 3 is 2.29 bits per heavy atom. The second-order valence-electron chi connectivity index (χ2n) is 3.09. The Bertz CT molecular complexity index is 348. The fourth-order valence-corrected chi connectivity index (χ4v) is 1.23. The molecule has 0 aliphatic heterocycles. The number of halogens is 1. The van der Waals surface area contributed by atoms with Crippen LogP contribution in [0.3, 0.4) is 0 Å². The summed E-state index contributed by atoms with van der Waals surface area (Å²) >= 11 is 5.03. The third-order valence-electron chi connectivity index (χ3n) is 1.84. The van der Waals surface area contributed by atoms with Crippen LogP contribution >= 0.6 is 11.6 Å². The Hall–Kier alpha value is -0.891. The van der Waals surface area contributed by atoms with E-state index in [2.05, 4.69) is 0 Å². The van der Waals surface area contributed by atoms with Gasteiger partial charge < -0.3 is 5.11 Å². The van der Waals surface area contributed by atoms with E-state index in [1.54, 1.807) is 24.3 Å². The number of carbonyl (C=O) groups excluding carboxylic acids is 1. The summed E-state index contributed by atoms with van der Waals surface area (Å²) in [6, 6.07) is 0. The molecule has 0 aromatic rings. The average molecular weight is 291 g/mol. The molecule has 2 radical (unpaired) electrons. The molecule has 2 nitrogen and oxygen atoms in total. The van der Waals surface area contributed by atoms with Crippen molar-refractivity contribution in [1.82, 2.24) is 0 Å². The van der Waals surface area contributed by atoms with E-state index in [4.69, 9.17) is 11.6 Å². The van der Waals surface area contributed by atoms with Crippen molar-refractivity contribution < 1.29 is 27.0 Å². The summed E-state index contributed by atoms with van der Waals surface area (Å²) in [6.45, 7) is 0. The average Bonchev–Trinajstić information content (AvgIpc) is 2.94. The quantitative estimate of drug-likeness (QED) is 0.338. The van der Waals surface area contributed by atoms with E-state index in [1.807, 2.05) is 31.4 Å². The molecule has 0 fully saturated rings. The molecule has 0 saturated heterocycles. The summed E-state index contributed by atoms with van der Waals surface area (Å²) in [6.07, 6.45) is 16.6. The maximum absolute atomic E-state index is 11.0. The fourth-order valence-electron chi connectivity index (χ4n) is 1.11. The van der Waals surface area contributed by atoms with Gasteiger partial charge in [-0.05, 0) is 17.2 Å². The molecule has 2 aliphatic carbocycles. The zero-order valence-corrected chi connectivity index (χ0v) is 10.8. The maximum Gasteiger partial charge on any atom is 2.00 e. The monoisotopic (exact) mass is 290 g/mol. The molecule has 2 rings (SSSR count). The number of rotatable bonds is 2. The molecular weight excluding hydrogens is 279 g/mol. The second kappa shape index (κ2) is 9.17. The van der Waals surface area contributed by atoms with Crippen molar-refractivity contribution in [2.24, 2.45) is 0 Å². The van der Waals surface area contributed by atoms with Crippen molar-refractivity contribution in [3.8, 4) is 0 Å². The van der Waals surface area contributed by atoms with E-state index in [1.165, 1.54) is 0 Å². The van der Waals surface area contributed by atoms with Crippen LogP contribution in [0.25, 0.3) is 0 Å². The predicted octanol–water partition coefficient (Wildman–Crippen LogP) is 2.05. The van der Waals surface area contributed by atoms with Crippen LogP contribution in [0.1, 0.15) is 6.42 Å². The van der Waals surface area contributed by atoms with E-state index in [0.717, 1.165) is 0 Å². The topological polar surface area (TPSA) is 40.1 Å². The summed E-state index contributed by atoms with van der Waals surface area (Å²) in [5.74, 6) is -0.227. The molecule has 4 heteroatoms. The van der Waals surface area contributed by atoms with Crippen LogP contribution < -0.4 is 5.11 Å². The predicted molar refractivity (Wildman–Crippen MR) is 62.8 cm³/mol. The third-order valence-corrected chi connectivity index (χ3v) is 1.97. The molecule has 0 aromatic carbocycles. The minimum absolute atomic E-state index is 0. The van der Waals surface area contributed by atoms with Crippen LogP contribution in [0.15, 0.2) is 47.8 Å². The molecular formula is C13H11ClFeO2. The first-order valence-corrected chi connectivity index (χ1v) is 5.18. The van der Waals surface area contributed by atoms with Crippen molar-refractivity contribution >= 4 is 16.8 Å². The molecule has 0 unspecified atom stereocenters. The number of allylic oxidation sites excluding steroid dienone is 8. The van der Waals surface area contributed by atoms with Gasteiger partial charge in [0.05, 0.1) is 0 Å². The van der Waals surface area contributed by atoms with E-state index in [9.17, 15) is 9.90 Å². The zero-order valence-electron chi connectivity index (χ0n) is 8.95. The Morgan fingerprint density at radius 1 is 1.29 bits per heavy atom. The normalized spacial score (nSPS) is 14.8. The molecule has 90 valence electrons. The molecule has 0 saturated carbocycles. The van der Waals surface area contributed by atoms with Gasteiger partial charge in [-0.15, -0.1) is 18.6 Å². The van der Waals surface area contributed by atoms with Gasteiger partial charge in [-0.25, -0.2) is 18.6 Å². The van der Waals surface area contributed by atoms with E-state index in [0.29, 0.717) is 5.57 Å².